The van der Waals surface area contributed by atoms with E-state index in [0.717, 1.165) is 17.2 Å². The van der Waals surface area contributed by atoms with Crippen LogP contribution in [0, 0.1) is 0 Å². The fourth-order valence-electron chi connectivity index (χ4n) is 2.29. The minimum Gasteiger partial charge on any atom is -0.348 e. The van der Waals surface area contributed by atoms with E-state index in [0.29, 0.717) is 17.6 Å². The number of amides is 1. The molecule has 0 spiro atoms. The second kappa shape index (κ2) is 5.85. The first-order valence-electron chi connectivity index (χ1n) is 6.94. The summed E-state index contributed by atoms with van der Waals surface area (Å²) in [5.74, 6) is -0.216. The van der Waals surface area contributed by atoms with Crippen molar-refractivity contribution in [1.82, 2.24) is 15.5 Å². The van der Waals surface area contributed by atoms with Crippen molar-refractivity contribution in [2.24, 2.45) is 0 Å². The van der Waals surface area contributed by atoms with Gasteiger partial charge in [0.1, 0.15) is 0 Å². The molecular formula is C16H15N3O3S. The van der Waals surface area contributed by atoms with Crippen LogP contribution in [0.3, 0.4) is 0 Å². The smallest absolute Gasteiger partial charge is 0.253 e. The van der Waals surface area contributed by atoms with Crippen molar-refractivity contribution in [3.05, 3.63) is 59.8 Å². The van der Waals surface area contributed by atoms with Crippen LogP contribution < -0.4 is 5.32 Å². The van der Waals surface area contributed by atoms with Gasteiger partial charge in [0.15, 0.2) is 9.84 Å². The highest BCUT2D eigenvalue weighted by atomic mass is 32.2. The highest BCUT2D eigenvalue weighted by Gasteiger charge is 2.11. The highest BCUT2D eigenvalue weighted by molar-refractivity contribution is 7.90. The summed E-state index contributed by atoms with van der Waals surface area (Å²) in [5, 5.41) is 10.4. The van der Waals surface area contributed by atoms with Gasteiger partial charge in [-0.25, -0.2) is 8.42 Å². The number of para-hydroxylation sites is 1. The zero-order valence-corrected chi connectivity index (χ0v) is 13.2. The molecule has 2 N–H and O–H groups in total. The first-order chi connectivity index (χ1) is 10.9. The molecule has 3 aromatic rings. The first kappa shape index (κ1) is 15.2. The van der Waals surface area contributed by atoms with Crippen LogP contribution in [0.5, 0.6) is 0 Å². The van der Waals surface area contributed by atoms with Crippen LogP contribution in [0.2, 0.25) is 0 Å². The molecular weight excluding hydrogens is 314 g/mol. The Morgan fingerprint density at radius 1 is 1.17 bits per heavy atom. The molecule has 0 saturated carbocycles. The van der Waals surface area contributed by atoms with Gasteiger partial charge in [-0.1, -0.05) is 24.3 Å². The van der Waals surface area contributed by atoms with Gasteiger partial charge < -0.3 is 5.32 Å². The number of hydrogen-bond acceptors (Lipinski definition) is 4. The quantitative estimate of drug-likeness (QED) is 0.764. The molecule has 118 valence electrons. The van der Waals surface area contributed by atoms with Gasteiger partial charge >= 0.3 is 0 Å². The number of carbonyl (C=O) groups is 1. The number of fused-ring (bicyclic) bond motifs is 1. The summed E-state index contributed by atoms with van der Waals surface area (Å²) in [5.41, 5.74) is 2.03. The van der Waals surface area contributed by atoms with E-state index >= 15 is 0 Å². The summed E-state index contributed by atoms with van der Waals surface area (Å²) in [7, 11) is -3.21. The average molecular weight is 329 g/mol. The van der Waals surface area contributed by atoms with Gasteiger partial charge in [0.05, 0.1) is 22.2 Å². The fraction of sp³-hybridized carbons (Fsp3) is 0.125. The van der Waals surface area contributed by atoms with Gasteiger partial charge in [-0.05, 0) is 23.8 Å². The highest BCUT2D eigenvalue weighted by Crippen LogP contribution is 2.16. The monoisotopic (exact) mass is 329 g/mol. The third kappa shape index (κ3) is 3.24. The molecule has 23 heavy (non-hydrogen) atoms. The van der Waals surface area contributed by atoms with Gasteiger partial charge in [-0.2, -0.15) is 5.10 Å². The zero-order valence-electron chi connectivity index (χ0n) is 12.4. The maximum absolute atomic E-state index is 12.3. The van der Waals surface area contributed by atoms with Crippen LogP contribution >= 0.6 is 0 Å². The van der Waals surface area contributed by atoms with E-state index in [4.69, 9.17) is 0 Å². The molecule has 0 aliphatic carbocycles. The number of aromatic amines is 1. The number of nitrogens with zero attached hydrogens (tertiary/aromatic N) is 1. The number of H-pyrrole nitrogens is 1. The summed E-state index contributed by atoms with van der Waals surface area (Å²) < 4.78 is 22.8. The van der Waals surface area contributed by atoms with Crippen molar-refractivity contribution in [2.45, 2.75) is 11.4 Å². The standard InChI is InChI=1S/C16H15N3O3S/c1-23(21,22)13-7-5-11(6-8-13)9-17-16(20)14-4-2-3-12-10-18-19-15(12)14/h2-8,10H,9H2,1H3,(H,17,20)(H,18,19). The Kier molecular flexibility index (Phi) is 3.87. The molecule has 0 aliphatic heterocycles. The van der Waals surface area contributed by atoms with E-state index in [9.17, 15) is 13.2 Å². The minimum atomic E-state index is -3.21. The molecule has 2 aromatic carbocycles. The summed E-state index contributed by atoms with van der Waals surface area (Å²) in [4.78, 5) is 12.6. The molecule has 0 radical (unpaired) electrons. The number of benzene rings is 2. The van der Waals surface area contributed by atoms with E-state index in [1.54, 1.807) is 30.5 Å². The summed E-state index contributed by atoms with van der Waals surface area (Å²) in [6, 6.07) is 11.8. The van der Waals surface area contributed by atoms with Crippen molar-refractivity contribution in [1.29, 1.82) is 0 Å². The third-order valence-electron chi connectivity index (χ3n) is 3.53. The molecule has 0 fully saturated rings. The molecule has 0 aliphatic rings. The topological polar surface area (TPSA) is 91.9 Å². The fourth-order valence-corrected chi connectivity index (χ4v) is 2.92. The Morgan fingerprint density at radius 2 is 1.91 bits per heavy atom. The average Bonchev–Trinajstić information content (AvgIpc) is 3.00. The van der Waals surface area contributed by atoms with E-state index in [1.165, 1.54) is 12.1 Å². The lowest BCUT2D eigenvalue weighted by molar-refractivity contribution is 0.0952. The largest absolute Gasteiger partial charge is 0.348 e. The van der Waals surface area contributed by atoms with Gasteiger partial charge in [-0.15, -0.1) is 0 Å². The number of hydrogen-bond donors (Lipinski definition) is 2. The molecule has 0 unspecified atom stereocenters. The van der Waals surface area contributed by atoms with Crippen molar-refractivity contribution in [2.75, 3.05) is 6.26 Å². The molecule has 0 atom stereocenters. The van der Waals surface area contributed by atoms with Crippen LogP contribution in [0.1, 0.15) is 15.9 Å². The van der Waals surface area contributed by atoms with Crippen LogP contribution in [0.25, 0.3) is 10.9 Å². The minimum absolute atomic E-state index is 0.216. The lowest BCUT2D eigenvalue weighted by Crippen LogP contribution is -2.23. The number of nitrogens with one attached hydrogen (secondary N) is 2. The van der Waals surface area contributed by atoms with E-state index < -0.39 is 9.84 Å². The summed E-state index contributed by atoms with van der Waals surface area (Å²) >= 11 is 0. The van der Waals surface area contributed by atoms with Gasteiger partial charge in [0.2, 0.25) is 0 Å². The Bertz CT molecular complexity index is 960. The van der Waals surface area contributed by atoms with Crippen LogP contribution in [-0.2, 0) is 16.4 Å². The van der Waals surface area contributed by atoms with Gasteiger partial charge in [0, 0.05) is 18.2 Å². The van der Waals surface area contributed by atoms with Crippen LogP contribution in [-0.4, -0.2) is 30.8 Å². The van der Waals surface area contributed by atoms with Crippen molar-refractivity contribution >= 4 is 26.6 Å². The number of rotatable bonds is 4. The normalized spacial score (nSPS) is 11.5. The lowest BCUT2D eigenvalue weighted by Gasteiger charge is -2.07. The Balaban J connectivity index is 1.73. The Hall–Kier alpha value is -2.67. The number of carbonyl (C=O) groups excluding carboxylic acids is 1. The number of aromatic nitrogens is 2. The van der Waals surface area contributed by atoms with Crippen molar-refractivity contribution in [3.63, 3.8) is 0 Å². The van der Waals surface area contributed by atoms with Crippen LogP contribution in [0.4, 0.5) is 0 Å². The Labute approximate surface area is 133 Å². The van der Waals surface area contributed by atoms with Crippen LogP contribution in [0.15, 0.2) is 53.6 Å². The lowest BCUT2D eigenvalue weighted by atomic mass is 10.1. The van der Waals surface area contributed by atoms with Gasteiger partial charge in [0.25, 0.3) is 5.91 Å². The first-order valence-corrected chi connectivity index (χ1v) is 8.83. The van der Waals surface area contributed by atoms with Crippen molar-refractivity contribution in [3.8, 4) is 0 Å². The third-order valence-corrected chi connectivity index (χ3v) is 4.65. The predicted octanol–water partition coefficient (Wildman–Crippen LogP) is 1.90. The number of sulfone groups is 1. The van der Waals surface area contributed by atoms with E-state index in [-0.39, 0.29) is 10.8 Å². The van der Waals surface area contributed by atoms with Gasteiger partial charge in [-0.3, -0.25) is 9.89 Å². The second-order valence-electron chi connectivity index (χ2n) is 5.24. The summed E-state index contributed by atoms with van der Waals surface area (Å²) in [6.45, 7) is 0.313. The maximum atomic E-state index is 12.3. The van der Waals surface area contributed by atoms with E-state index in [2.05, 4.69) is 15.5 Å². The molecule has 3 rings (SSSR count). The molecule has 0 bridgehead atoms. The van der Waals surface area contributed by atoms with Crippen molar-refractivity contribution < 1.29 is 13.2 Å². The Morgan fingerprint density at radius 3 is 2.61 bits per heavy atom. The second-order valence-corrected chi connectivity index (χ2v) is 7.25. The molecule has 1 amide bonds. The zero-order chi connectivity index (χ0) is 16.4. The molecule has 1 aromatic heterocycles. The molecule has 1 heterocycles. The van der Waals surface area contributed by atoms with E-state index in [1.807, 2.05) is 6.07 Å². The molecule has 0 saturated heterocycles. The molecule has 7 heteroatoms. The summed E-state index contributed by atoms with van der Waals surface area (Å²) in [6.07, 6.45) is 2.82. The molecule has 6 nitrogen and oxygen atoms in total. The maximum Gasteiger partial charge on any atom is 0.253 e. The SMILES string of the molecule is CS(=O)(=O)c1ccc(CNC(=O)c2cccc3cn[nH]c23)cc1. The predicted molar refractivity (Wildman–Crippen MR) is 86.8 cm³/mol.